The molecule has 4 nitrogen and oxygen atoms in total. The van der Waals surface area contributed by atoms with Crippen molar-refractivity contribution in [1.29, 1.82) is 0 Å². The summed E-state index contributed by atoms with van der Waals surface area (Å²) in [5.74, 6) is 0. The third-order valence-electron chi connectivity index (χ3n) is 4.14. The predicted molar refractivity (Wildman–Crippen MR) is 80.8 cm³/mol. The molecule has 1 saturated heterocycles. The monoisotopic (exact) mass is 278 g/mol. The second-order valence-electron chi connectivity index (χ2n) is 5.86. The summed E-state index contributed by atoms with van der Waals surface area (Å²) in [4.78, 5) is 14.2. The molecule has 0 aliphatic carbocycles. The Labute approximate surface area is 121 Å². The van der Waals surface area contributed by atoms with Crippen LogP contribution in [0.3, 0.4) is 0 Å². The zero-order valence-corrected chi connectivity index (χ0v) is 12.4. The predicted octanol–water partition coefficient (Wildman–Crippen LogP) is 1.86. The molecule has 2 unspecified atom stereocenters. The molecule has 4 heteroatoms. The number of hydrogen-bond acceptors (Lipinski definition) is 3. The maximum Gasteiger partial charge on any atom is 0.250 e. The molecule has 1 fully saturated rings. The lowest BCUT2D eigenvalue weighted by molar-refractivity contribution is 0.110. The minimum absolute atomic E-state index is 0.0643. The zero-order valence-electron chi connectivity index (χ0n) is 12.4. The van der Waals surface area contributed by atoms with Gasteiger partial charge in [-0.3, -0.25) is 9.69 Å². The maximum atomic E-state index is 11.7. The number of nitrogens with zero attached hydrogens (tertiary/aromatic N) is 2. The van der Waals surface area contributed by atoms with Crippen LogP contribution in [0.1, 0.15) is 39.0 Å². The first-order valence-corrected chi connectivity index (χ1v) is 7.74. The quantitative estimate of drug-likeness (QED) is 0.894. The average Bonchev–Trinajstić information content (AvgIpc) is 2.63. The van der Waals surface area contributed by atoms with E-state index in [1.54, 1.807) is 16.7 Å². The summed E-state index contributed by atoms with van der Waals surface area (Å²) in [6.07, 6.45) is 7.35. The molecule has 0 saturated carbocycles. The number of aliphatic hydroxyl groups excluding tert-OH is 1. The van der Waals surface area contributed by atoms with Gasteiger partial charge < -0.3 is 9.67 Å². The number of aliphatic hydroxyl groups is 1. The van der Waals surface area contributed by atoms with E-state index in [0.717, 1.165) is 32.5 Å². The molecule has 20 heavy (non-hydrogen) atoms. The van der Waals surface area contributed by atoms with E-state index in [1.807, 2.05) is 19.2 Å². The molecule has 0 spiro atoms. The van der Waals surface area contributed by atoms with Gasteiger partial charge in [0, 0.05) is 31.4 Å². The molecule has 0 radical (unpaired) electrons. The van der Waals surface area contributed by atoms with Gasteiger partial charge in [-0.2, -0.15) is 0 Å². The lowest BCUT2D eigenvalue weighted by Crippen LogP contribution is -2.39. The molecular formula is C16H26N2O2. The third-order valence-corrected chi connectivity index (χ3v) is 4.14. The number of pyridine rings is 1. The molecule has 2 atom stereocenters. The summed E-state index contributed by atoms with van der Waals surface area (Å²) in [5, 5.41) is 9.66. The Balaban J connectivity index is 1.97. The number of aromatic nitrogens is 1. The van der Waals surface area contributed by atoms with Crippen LogP contribution in [0.4, 0.5) is 0 Å². The number of likely N-dealkylation sites (tertiary alicyclic amines) is 1. The van der Waals surface area contributed by atoms with E-state index in [4.69, 9.17) is 0 Å². The first-order chi connectivity index (χ1) is 9.66. The van der Waals surface area contributed by atoms with E-state index in [0.29, 0.717) is 6.04 Å². The topological polar surface area (TPSA) is 45.5 Å². The molecule has 112 valence electrons. The first kappa shape index (κ1) is 15.3. The van der Waals surface area contributed by atoms with Crippen molar-refractivity contribution >= 4 is 0 Å². The molecule has 2 rings (SSSR count). The second kappa shape index (κ2) is 7.60. The van der Waals surface area contributed by atoms with Gasteiger partial charge >= 0.3 is 0 Å². The summed E-state index contributed by atoms with van der Waals surface area (Å²) in [5.41, 5.74) is 0.0643. The van der Waals surface area contributed by atoms with Gasteiger partial charge in [0.15, 0.2) is 0 Å². The molecular weight excluding hydrogens is 252 g/mol. The minimum Gasteiger partial charge on any atom is -0.393 e. The van der Waals surface area contributed by atoms with Crippen LogP contribution in [-0.2, 0) is 6.54 Å². The summed E-state index contributed by atoms with van der Waals surface area (Å²) in [7, 11) is 0. The molecule has 1 aromatic rings. The molecule has 0 amide bonds. The second-order valence-corrected chi connectivity index (χ2v) is 5.86. The molecule has 1 N–H and O–H groups in total. The highest BCUT2D eigenvalue weighted by atomic mass is 16.3. The van der Waals surface area contributed by atoms with E-state index in [-0.39, 0.29) is 11.7 Å². The molecule has 2 heterocycles. The fourth-order valence-electron chi connectivity index (χ4n) is 3.07. The molecule has 1 aliphatic heterocycles. The number of rotatable bonds is 5. The summed E-state index contributed by atoms with van der Waals surface area (Å²) >= 11 is 0. The average molecular weight is 278 g/mol. The molecule has 1 aliphatic rings. The van der Waals surface area contributed by atoms with Crippen LogP contribution in [0.15, 0.2) is 29.2 Å². The minimum atomic E-state index is -0.250. The first-order valence-electron chi connectivity index (χ1n) is 7.74. The van der Waals surface area contributed by atoms with Gasteiger partial charge in [-0.05, 0) is 38.8 Å². The van der Waals surface area contributed by atoms with E-state index < -0.39 is 0 Å². The van der Waals surface area contributed by atoms with Crippen LogP contribution < -0.4 is 5.56 Å². The lowest BCUT2D eigenvalue weighted by atomic mass is 10.0. The van der Waals surface area contributed by atoms with Crippen molar-refractivity contribution in [3.05, 3.63) is 34.7 Å². The smallest absolute Gasteiger partial charge is 0.250 e. The van der Waals surface area contributed by atoms with Crippen molar-refractivity contribution < 1.29 is 5.11 Å². The van der Waals surface area contributed by atoms with Crippen molar-refractivity contribution in [2.24, 2.45) is 0 Å². The van der Waals surface area contributed by atoms with Crippen molar-refractivity contribution in [1.82, 2.24) is 9.47 Å². The molecule has 0 bridgehead atoms. The van der Waals surface area contributed by atoms with Gasteiger partial charge in [0.05, 0.1) is 6.10 Å². The van der Waals surface area contributed by atoms with Gasteiger partial charge in [0.1, 0.15) is 0 Å². The van der Waals surface area contributed by atoms with Crippen LogP contribution in [-0.4, -0.2) is 39.8 Å². The zero-order chi connectivity index (χ0) is 14.4. The van der Waals surface area contributed by atoms with Crippen LogP contribution in [0, 0.1) is 0 Å². The van der Waals surface area contributed by atoms with Crippen molar-refractivity contribution in [3.8, 4) is 0 Å². The van der Waals surface area contributed by atoms with E-state index in [9.17, 15) is 9.90 Å². The van der Waals surface area contributed by atoms with Crippen LogP contribution in [0.2, 0.25) is 0 Å². The Morgan fingerprint density at radius 1 is 1.30 bits per heavy atom. The van der Waals surface area contributed by atoms with Crippen LogP contribution in [0.25, 0.3) is 0 Å². The highest BCUT2D eigenvalue weighted by Gasteiger charge is 2.22. The van der Waals surface area contributed by atoms with E-state index in [1.165, 1.54) is 19.3 Å². The van der Waals surface area contributed by atoms with Gasteiger partial charge in [-0.15, -0.1) is 0 Å². The Kier molecular flexibility index (Phi) is 5.80. The molecule has 1 aromatic heterocycles. The summed E-state index contributed by atoms with van der Waals surface area (Å²) in [6.45, 7) is 4.57. The van der Waals surface area contributed by atoms with Crippen molar-refractivity contribution in [2.45, 2.75) is 57.7 Å². The highest BCUT2D eigenvalue weighted by Crippen LogP contribution is 2.20. The Hall–Kier alpha value is -1.13. The third kappa shape index (κ3) is 4.46. The number of hydrogen-bond donors (Lipinski definition) is 1. The normalized spacial score (nSPS) is 22.4. The van der Waals surface area contributed by atoms with Crippen molar-refractivity contribution in [2.75, 3.05) is 13.1 Å². The van der Waals surface area contributed by atoms with Crippen LogP contribution >= 0.6 is 0 Å². The fraction of sp³-hybridized carbons (Fsp3) is 0.688. The Bertz CT molecular complexity index is 456. The van der Waals surface area contributed by atoms with Gasteiger partial charge in [-0.25, -0.2) is 0 Å². The van der Waals surface area contributed by atoms with E-state index in [2.05, 4.69) is 4.90 Å². The fourth-order valence-corrected chi connectivity index (χ4v) is 3.07. The van der Waals surface area contributed by atoms with Crippen molar-refractivity contribution in [3.63, 3.8) is 0 Å². The standard InChI is InChI=1S/C16H26N2O2/c1-14(19)13-15-7-3-2-5-9-17(15)11-12-18-10-6-4-8-16(18)20/h4,6,8,10,14-15,19H,2-3,5,7,9,11-13H2,1H3. The van der Waals surface area contributed by atoms with Gasteiger partial charge in [-0.1, -0.05) is 18.9 Å². The van der Waals surface area contributed by atoms with Crippen LogP contribution in [0.5, 0.6) is 0 Å². The lowest BCUT2D eigenvalue weighted by Gasteiger charge is -2.31. The Morgan fingerprint density at radius 2 is 2.15 bits per heavy atom. The van der Waals surface area contributed by atoms with E-state index >= 15 is 0 Å². The SMILES string of the molecule is CC(O)CC1CCCCCN1CCn1ccccc1=O. The maximum absolute atomic E-state index is 11.7. The summed E-state index contributed by atoms with van der Waals surface area (Å²) in [6, 6.07) is 5.74. The largest absolute Gasteiger partial charge is 0.393 e. The highest BCUT2D eigenvalue weighted by molar-refractivity contribution is 4.93. The van der Waals surface area contributed by atoms with Gasteiger partial charge in [0.2, 0.25) is 0 Å². The van der Waals surface area contributed by atoms with Gasteiger partial charge in [0.25, 0.3) is 5.56 Å². The summed E-state index contributed by atoms with van der Waals surface area (Å²) < 4.78 is 1.77. The molecule has 0 aromatic carbocycles. The Morgan fingerprint density at radius 3 is 2.90 bits per heavy atom.